The van der Waals surface area contributed by atoms with E-state index in [4.69, 9.17) is 11.6 Å². The van der Waals surface area contributed by atoms with Crippen molar-refractivity contribution >= 4 is 55.9 Å². The Morgan fingerprint density at radius 1 is 1.54 bits per heavy atom. The van der Waals surface area contributed by atoms with E-state index in [0.717, 1.165) is 8.04 Å². The summed E-state index contributed by atoms with van der Waals surface area (Å²) in [5.74, 6) is 0.455. The molecule has 0 heterocycles. The first-order valence-electron chi connectivity index (χ1n) is 3.69. The minimum absolute atomic E-state index is 0.0837. The standard InChI is InChI=1S/C9H7BrClIO/c10-8-2-1-6(12)5-7(8)9(13)3-4-11/h1-2,5H,3-4H2. The lowest BCUT2D eigenvalue weighted by Crippen LogP contribution is -2.01. The lowest BCUT2D eigenvalue weighted by Gasteiger charge is -2.02. The van der Waals surface area contributed by atoms with Crippen molar-refractivity contribution in [3.8, 4) is 0 Å². The van der Waals surface area contributed by atoms with E-state index < -0.39 is 0 Å². The van der Waals surface area contributed by atoms with E-state index >= 15 is 0 Å². The number of carbonyl (C=O) groups excluding carboxylic acids is 1. The summed E-state index contributed by atoms with van der Waals surface area (Å²) < 4.78 is 1.89. The van der Waals surface area contributed by atoms with Crippen LogP contribution in [0.5, 0.6) is 0 Å². The van der Waals surface area contributed by atoms with Gasteiger partial charge in [0, 0.05) is 25.9 Å². The number of Topliss-reactive ketones (excluding diaryl/α,β-unsaturated/α-hetero) is 1. The summed E-state index contributed by atoms with van der Waals surface area (Å²) in [5.41, 5.74) is 0.715. The van der Waals surface area contributed by atoms with Gasteiger partial charge in [0.15, 0.2) is 5.78 Å². The largest absolute Gasteiger partial charge is 0.294 e. The lowest BCUT2D eigenvalue weighted by molar-refractivity contribution is 0.0988. The molecule has 0 atom stereocenters. The van der Waals surface area contributed by atoms with Gasteiger partial charge in [-0.25, -0.2) is 0 Å². The summed E-state index contributed by atoms with van der Waals surface area (Å²) in [5, 5.41) is 0. The van der Waals surface area contributed by atoms with E-state index in [0.29, 0.717) is 17.9 Å². The summed E-state index contributed by atoms with van der Waals surface area (Å²) in [4.78, 5) is 11.5. The van der Waals surface area contributed by atoms with E-state index in [1.165, 1.54) is 0 Å². The van der Waals surface area contributed by atoms with Crippen LogP contribution in [0.4, 0.5) is 0 Å². The molecule has 0 aliphatic heterocycles. The van der Waals surface area contributed by atoms with Crippen LogP contribution in [0.1, 0.15) is 16.8 Å². The van der Waals surface area contributed by atoms with Crippen molar-refractivity contribution in [1.29, 1.82) is 0 Å². The Bertz CT molecular complexity index is 327. The van der Waals surface area contributed by atoms with Crippen LogP contribution in [0.15, 0.2) is 22.7 Å². The highest BCUT2D eigenvalue weighted by Gasteiger charge is 2.09. The second kappa shape index (κ2) is 5.32. The molecule has 0 aromatic heterocycles. The quantitative estimate of drug-likeness (QED) is 0.447. The van der Waals surface area contributed by atoms with Crippen molar-refractivity contribution in [3.05, 3.63) is 31.8 Å². The molecule has 4 heteroatoms. The Morgan fingerprint density at radius 3 is 2.85 bits per heavy atom. The van der Waals surface area contributed by atoms with Gasteiger partial charge in [-0.05, 0) is 40.8 Å². The molecule has 1 rings (SSSR count). The fraction of sp³-hybridized carbons (Fsp3) is 0.222. The fourth-order valence-electron chi connectivity index (χ4n) is 0.932. The maximum atomic E-state index is 11.5. The molecule has 1 aromatic carbocycles. The molecule has 0 spiro atoms. The second-order valence-electron chi connectivity index (χ2n) is 2.49. The average Bonchev–Trinajstić information content (AvgIpc) is 2.09. The van der Waals surface area contributed by atoms with Crippen molar-refractivity contribution in [2.45, 2.75) is 6.42 Å². The zero-order valence-corrected chi connectivity index (χ0v) is 11.2. The Morgan fingerprint density at radius 2 is 2.23 bits per heavy atom. The Labute approximate surface area is 104 Å². The van der Waals surface area contributed by atoms with Crippen molar-refractivity contribution in [2.24, 2.45) is 0 Å². The monoisotopic (exact) mass is 372 g/mol. The van der Waals surface area contributed by atoms with Crippen molar-refractivity contribution in [3.63, 3.8) is 0 Å². The van der Waals surface area contributed by atoms with Gasteiger partial charge in [0.1, 0.15) is 0 Å². The van der Waals surface area contributed by atoms with Crippen LogP contribution in [0.3, 0.4) is 0 Å². The molecule has 0 aliphatic carbocycles. The van der Waals surface area contributed by atoms with E-state index in [-0.39, 0.29) is 5.78 Å². The van der Waals surface area contributed by atoms with Crippen LogP contribution in [-0.2, 0) is 0 Å². The molecule has 0 unspecified atom stereocenters. The highest BCUT2D eigenvalue weighted by Crippen LogP contribution is 2.20. The maximum absolute atomic E-state index is 11.5. The van der Waals surface area contributed by atoms with Gasteiger partial charge >= 0.3 is 0 Å². The number of alkyl halides is 1. The molecule has 0 N–H and O–H groups in total. The van der Waals surface area contributed by atoms with E-state index in [1.807, 2.05) is 18.2 Å². The van der Waals surface area contributed by atoms with Gasteiger partial charge < -0.3 is 0 Å². The summed E-state index contributed by atoms with van der Waals surface area (Å²) in [6.45, 7) is 0. The zero-order chi connectivity index (χ0) is 9.84. The van der Waals surface area contributed by atoms with Crippen molar-refractivity contribution < 1.29 is 4.79 Å². The number of halogens is 3. The Hall–Kier alpha value is 0.390. The molecule has 0 bridgehead atoms. The molecule has 0 saturated heterocycles. The highest BCUT2D eigenvalue weighted by atomic mass is 127. The number of benzene rings is 1. The maximum Gasteiger partial charge on any atom is 0.165 e. The fourth-order valence-corrected chi connectivity index (χ4v) is 2.06. The molecule has 0 radical (unpaired) electrons. The smallest absolute Gasteiger partial charge is 0.165 e. The average molecular weight is 373 g/mol. The summed E-state index contributed by atoms with van der Waals surface area (Å²) in [6, 6.07) is 5.69. The van der Waals surface area contributed by atoms with Gasteiger partial charge in [-0.15, -0.1) is 11.6 Å². The highest BCUT2D eigenvalue weighted by molar-refractivity contribution is 14.1. The van der Waals surface area contributed by atoms with Gasteiger partial charge in [0.2, 0.25) is 0 Å². The molecule has 1 aromatic rings. The lowest BCUT2D eigenvalue weighted by atomic mass is 10.1. The minimum atomic E-state index is 0.0837. The molecule has 0 fully saturated rings. The predicted octanol–water partition coefficient (Wildman–Crippen LogP) is 3.87. The first-order chi connectivity index (χ1) is 6.15. The van der Waals surface area contributed by atoms with Gasteiger partial charge in [-0.3, -0.25) is 4.79 Å². The van der Waals surface area contributed by atoms with Crippen LogP contribution in [0, 0.1) is 3.57 Å². The number of rotatable bonds is 3. The first-order valence-corrected chi connectivity index (χ1v) is 6.10. The zero-order valence-electron chi connectivity index (χ0n) is 6.69. The topological polar surface area (TPSA) is 17.1 Å². The van der Waals surface area contributed by atoms with Gasteiger partial charge in [-0.1, -0.05) is 15.9 Å². The first kappa shape index (κ1) is 11.5. The van der Waals surface area contributed by atoms with Crippen LogP contribution in [-0.4, -0.2) is 11.7 Å². The summed E-state index contributed by atoms with van der Waals surface area (Å²) in [6.07, 6.45) is 0.389. The van der Waals surface area contributed by atoms with Crippen LogP contribution in [0.25, 0.3) is 0 Å². The van der Waals surface area contributed by atoms with Gasteiger partial charge in [0.25, 0.3) is 0 Å². The van der Waals surface area contributed by atoms with Crippen LogP contribution in [0.2, 0.25) is 0 Å². The number of hydrogen-bond acceptors (Lipinski definition) is 1. The van der Waals surface area contributed by atoms with Gasteiger partial charge in [0.05, 0.1) is 0 Å². The summed E-state index contributed by atoms with van der Waals surface area (Å²) in [7, 11) is 0. The van der Waals surface area contributed by atoms with E-state index in [1.54, 1.807) is 0 Å². The van der Waals surface area contributed by atoms with Crippen LogP contribution < -0.4 is 0 Å². The number of hydrogen-bond donors (Lipinski definition) is 0. The molecule has 1 nitrogen and oxygen atoms in total. The molecule has 13 heavy (non-hydrogen) atoms. The minimum Gasteiger partial charge on any atom is -0.294 e. The molecule has 0 saturated carbocycles. The Balaban J connectivity index is 2.99. The van der Waals surface area contributed by atoms with E-state index in [9.17, 15) is 4.79 Å². The molecular formula is C9H7BrClIO. The van der Waals surface area contributed by atoms with Gasteiger partial charge in [-0.2, -0.15) is 0 Å². The third kappa shape index (κ3) is 3.22. The summed E-state index contributed by atoms with van der Waals surface area (Å²) >= 11 is 11.0. The predicted molar refractivity (Wildman–Crippen MR) is 66.5 cm³/mol. The second-order valence-corrected chi connectivity index (χ2v) is 4.96. The van der Waals surface area contributed by atoms with E-state index in [2.05, 4.69) is 38.5 Å². The van der Waals surface area contributed by atoms with Crippen molar-refractivity contribution in [2.75, 3.05) is 5.88 Å². The third-order valence-corrected chi connectivity index (χ3v) is 3.10. The molecule has 0 aliphatic rings. The normalized spacial score (nSPS) is 10.1. The third-order valence-electron chi connectivity index (χ3n) is 1.55. The molecule has 70 valence electrons. The molecular weight excluding hydrogens is 366 g/mol. The Kier molecular flexibility index (Phi) is 4.69. The number of ketones is 1. The van der Waals surface area contributed by atoms with Crippen molar-refractivity contribution in [1.82, 2.24) is 0 Å². The molecule has 0 amide bonds. The van der Waals surface area contributed by atoms with Crippen LogP contribution >= 0.6 is 50.1 Å². The SMILES string of the molecule is O=C(CCCl)c1cc(I)ccc1Br. The number of carbonyl (C=O) groups is 1.